The molecule has 0 aliphatic carbocycles. The summed E-state index contributed by atoms with van der Waals surface area (Å²) in [6.07, 6.45) is 1.69. The first kappa shape index (κ1) is 9.43. The fourth-order valence-electron chi connectivity index (χ4n) is 1.21. The monoisotopic (exact) mass is 208 g/mol. The van der Waals surface area contributed by atoms with Crippen molar-refractivity contribution in [1.82, 2.24) is 10.3 Å². The third-order valence-electron chi connectivity index (χ3n) is 2.01. The Hall–Kier alpha value is -1.13. The Labute approximate surface area is 86.8 Å². The largest absolute Gasteiger partial charge is 0.468 e. The zero-order valence-electron chi connectivity index (χ0n) is 7.99. The van der Waals surface area contributed by atoms with Crippen LogP contribution in [0.4, 0.5) is 0 Å². The van der Waals surface area contributed by atoms with E-state index in [0.717, 1.165) is 24.5 Å². The van der Waals surface area contributed by atoms with E-state index >= 15 is 0 Å². The highest BCUT2D eigenvalue weighted by molar-refractivity contribution is 7.09. The number of thiazole rings is 1. The van der Waals surface area contributed by atoms with Crippen molar-refractivity contribution in [3.8, 4) is 0 Å². The van der Waals surface area contributed by atoms with Crippen LogP contribution >= 0.6 is 11.3 Å². The highest BCUT2D eigenvalue weighted by atomic mass is 32.1. The molecular formula is C10H12N2OS. The van der Waals surface area contributed by atoms with Gasteiger partial charge in [0.2, 0.25) is 0 Å². The van der Waals surface area contributed by atoms with Crippen LogP contribution in [0.15, 0.2) is 28.3 Å². The Morgan fingerprint density at radius 1 is 1.50 bits per heavy atom. The van der Waals surface area contributed by atoms with E-state index in [-0.39, 0.29) is 0 Å². The third-order valence-corrected chi connectivity index (χ3v) is 2.94. The van der Waals surface area contributed by atoms with Gasteiger partial charge in [-0.05, 0) is 19.1 Å². The maximum Gasteiger partial charge on any atom is 0.117 e. The van der Waals surface area contributed by atoms with Gasteiger partial charge < -0.3 is 9.73 Å². The minimum absolute atomic E-state index is 0.768. The summed E-state index contributed by atoms with van der Waals surface area (Å²) in [6.45, 7) is 3.65. The first-order valence-corrected chi connectivity index (χ1v) is 5.36. The van der Waals surface area contributed by atoms with E-state index in [0.29, 0.717) is 0 Å². The summed E-state index contributed by atoms with van der Waals surface area (Å²) in [6, 6.07) is 3.86. The summed E-state index contributed by atoms with van der Waals surface area (Å²) in [5.41, 5.74) is 2.99. The Balaban J connectivity index is 1.81. The van der Waals surface area contributed by atoms with Gasteiger partial charge in [-0.15, -0.1) is 11.3 Å². The van der Waals surface area contributed by atoms with Crippen molar-refractivity contribution in [3.63, 3.8) is 0 Å². The van der Waals surface area contributed by atoms with Crippen molar-refractivity contribution in [2.24, 2.45) is 0 Å². The van der Waals surface area contributed by atoms with Gasteiger partial charge in [-0.25, -0.2) is 4.98 Å². The molecular weight excluding hydrogens is 196 g/mol. The minimum Gasteiger partial charge on any atom is -0.468 e. The molecule has 0 aromatic carbocycles. The smallest absolute Gasteiger partial charge is 0.117 e. The molecule has 14 heavy (non-hydrogen) atoms. The molecule has 2 rings (SSSR count). The third kappa shape index (κ3) is 2.21. The summed E-state index contributed by atoms with van der Waals surface area (Å²) in [5.74, 6) is 0.965. The van der Waals surface area contributed by atoms with Gasteiger partial charge in [-0.3, -0.25) is 0 Å². The SMILES string of the molecule is Cc1ncsc1CNCc1ccco1. The molecule has 0 atom stereocenters. The van der Waals surface area contributed by atoms with Crippen molar-refractivity contribution in [3.05, 3.63) is 40.2 Å². The Morgan fingerprint density at radius 3 is 3.07 bits per heavy atom. The highest BCUT2D eigenvalue weighted by Crippen LogP contribution is 2.11. The molecule has 1 N–H and O–H groups in total. The predicted molar refractivity (Wildman–Crippen MR) is 56.1 cm³/mol. The maximum absolute atomic E-state index is 5.21. The number of furan rings is 1. The normalized spacial score (nSPS) is 10.6. The molecule has 0 aliphatic rings. The van der Waals surface area contributed by atoms with E-state index in [1.54, 1.807) is 17.6 Å². The molecule has 2 aromatic rings. The van der Waals surface area contributed by atoms with Gasteiger partial charge in [0.1, 0.15) is 5.76 Å². The van der Waals surface area contributed by atoms with Crippen molar-refractivity contribution in [1.29, 1.82) is 0 Å². The number of rotatable bonds is 4. The fourth-order valence-corrected chi connectivity index (χ4v) is 1.95. The van der Waals surface area contributed by atoms with E-state index < -0.39 is 0 Å². The first-order valence-electron chi connectivity index (χ1n) is 4.48. The van der Waals surface area contributed by atoms with Gasteiger partial charge in [0.15, 0.2) is 0 Å². The van der Waals surface area contributed by atoms with Gasteiger partial charge in [-0.1, -0.05) is 0 Å². The summed E-state index contributed by atoms with van der Waals surface area (Å²) < 4.78 is 5.21. The van der Waals surface area contributed by atoms with Crippen LogP contribution in [-0.2, 0) is 13.1 Å². The molecule has 0 saturated carbocycles. The Kier molecular flexibility index (Phi) is 2.96. The summed E-state index contributed by atoms with van der Waals surface area (Å²) in [4.78, 5) is 5.48. The van der Waals surface area contributed by atoms with E-state index in [2.05, 4.69) is 10.3 Å². The Bertz CT molecular complexity index is 380. The molecule has 0 unspecified atom stereocenters. The lowest BCUT2D eigenvalue weighted by Gasteiger charge is -2.00. The van der Waals surface area contributed by atoms with Gasteiger partial charge in [0.25, 0.3) is 0 Å². The lowest BCUT2D eigenvalue weighted by atomic mass is 10.4. The van der Waals surface area contributed by atoms with Crippen LogP contribution in [0, 0.1) is 6.92 Å². The second-order valence-electron chi connectivity index (χ2n) is 3.04. The number of aromatic nitrogens is 1. The molecule has 0 aliphatic heterocycles. The van der Waals surface area contributed by atoms with Gasteiger partial charge in [0.05, 0.1) is 24.0 Å². The molecule has 2 heterocycles. The van der Waals surface area contributed by atoms with Crippen LogP contribution in [0.1, 0.15) is 16.3 Å². The molecule has 4 heteroatoms. The van der Waals surface area contributed by atoms with Crippen molar-refractivity contribution >= 4 is 11.3 Å². The molecule has 0 fully saturated rings. The zero-order chi connectivity index (χ0) is 9.80. The molecule has 3 nitrogen and oxygen atoms in total. The summed E-state index contributed by atoms with van der Waals surface area (Å²) in [5, 5.41) is 3.31. The van der Waals surface area contributed by atoms with E-state index in [4.69, 9.17) is 4.42 Å². The highest BCUT2D eigenvalue weighted by Gasteiger charge is 2.00. The molecule has 2 aromatic heterocycles. The quantitative estimate of drug-likeness (QED) is 0.838. The van der Waals surface area contributed by atoms with Crippen LogP contribution < -0.4 is 5.32 Å². The fraction of sp³-hybridized carbons (Fsp3) is 0.300. The number of aryl methyl sites for hydroxylation is 1. The standard InChI is InChI=1S/C10H12N2OS/c1-8-10(14-7-12-8)6-11-5-9-3-2-4-13-9/h2-4,7,11H,5-6H2,1H3. The lowest BCUT2D eigenvalue weighted by molar-refractivity contribution is 0.483. The first-order chi connectivity index (χ1) is 6.86. The lowest BCUT2D eigenvalue weighted by Crippen LogP contribution is -2.11. The van der Waals surface area contributed by atoms with E-state index in [1.165, 1.54) is 4.88 Å². The zero-order valence-corrected chi connectivity index (χ0v) is 8.80. The van der Waals surface area contributed by atoms with Crippen LogP contribution in [0.25, 0.3) is 0 Å². The number of hydrogen-bond donors (Lipinski definition) is 1. The maximum atomic E-state index is 5.21. The number of hydrogen-bond acceptors (Lipinski definition) is 4. The molecule has 74 valence electrons. The van der Waals surface area contributed by atoms with Crippen LogP contribution in [0.5, 0.6) is 0 Å². The van der Waals surface area contributed by atoms with E-state index in [1.807, 2.05) is 24.6 Å². The van der Waals surface area contributed by atoms with Crippen molar-refractivity contribution in [2.45, 2.75) is 20.0 Å². The predicted octanol–water partition coefficient (Wildman–Crippen LogP) is 2.33. The van der Waals surface area contributed by atoms with Gasteiger partial charge >= 0.3 is 0 Å². The topological polar surface area (TPSA) is 38.1 Å². The average molecular weight is 208 g/mol. The van der Waals surface area contributed by atoms with E-state index in [9.17, 15) is 0 Å². The minimum atomic E-state index is 0.768. The van der Waals surface area contributed by atoms with Crippen molar-refractivity contribution < 1.29 is 4.42 Å². The van der Waals surface area contributed by atoms with Gasteiger partial charge in [-0.2, -0.15) is 0 Å². The van der Waals surface area contributed by atoms with Crippen molar-refractivity contribution in [2.75, 3.05) is 0 Å². The Morgan fingerprint density at radius 2 is 2.43 bits per heavy atom. The van der Waals surface area contributed by atoms with Gasteiger partial charge in [0, 0.05) is 11.4 Å². The molecule has 0 spiro atoms. The summed E-state index contributed by atoms with van der Waals surface area (Å²) in [7, 11) is 0. The second kappa shape index (κ2) is 4.39. The molecule has 0 bridgehead atoms. The number of nitrogens with zero attached hydrogens (tertiary/aromatic N) is 1. The molecule has 0 saturated heterocycles. The van der Waals surface area contributed by atoms with Crippen LogP contribution in [0.3, 0.4) is 0 Å². The number of nitrogens with one attached hydrogen (secondary N) is 1. The second-order valence-corrected chi connectivity index (χ2v) is 3.98. The molecule has 0 radical (unpaired) electrons. The molecule has 0 amide bonds. The van der Waals surface area contributed by atoms with Crippen LogP contribution in [-0.4, -0.2) is 4.98 Å². The summed E-state index contributed by atoms with van der Waals surface area (Å²) >= 11 is 1.68. The van der Waals surface area contributed by atoms with Crippen LogP contribution in [0.2, 0.25) is 0 Å². The average Bonchev–Trinajstić information content (AvgIpc) is 2.78.